The van der Waals surface area contributed by atoms with Crippen LogP contribution in [0.5, 0.6) is 17.2 Å². The number of carboxylic acids is 1. The van der Waals surface area contributed by atoms with Crippen LogP contribution in [-0.2, 0) is 66.1 Å². The fourth-order valence-corrected chi connectivity index (χ4v) is 20.6. The first kappa shape index (κ1) is 96.4. The first-order valence-corrected chi connectivity index (χ1v) is 42.7. The molecule has 26 heteroatoms. The van der Waals surface area contributed by atoms with Crippen LogP contribution < -0.4 is 46.0 Å². The highest BCUT2D eigenvalue weighted by Crippen LogP contribution is 2.52. The normalized spacial score (nSPS) is 10.8. The third-order valence-corrected chi connectivity index (χ3v) is 26.6. The maximum Gasteiger partial charge on any atom is 0.306 e. The Hall–Kier alpha value is -11.2. The monoisotopic (exact) mass is 1660 g/mol. The van der Waals surface area contributed by atoms with Gasteiger partial charge >= 0.3 is 35.8 Å². The zero-order valence-corrected chi connectivity index (χ0v) is 69.9. The molecule has 0 bridgehead atoms. The highest BCUT2D eigenvalue weighted by atomic mass is 31.2. The van der Waals surface area contributed by atoms with Crippen molar-refractivity contribution in [3.63, 3.8) is 0 Å². The molecule has 0 fully saturated rings. The van der Waals surface area contributed by atoms with Crippen LogP contribution in [0.4, 0.5) is 0 Å². The number of aliphatic hydroxyl groups excluding tert-OH is 2. The molecule has 9 rings (SSSR count). The third kappa shape index (κ3) is 26.2. The second-order valence-corrected chi connectivity index (χ2v) is 34.6. The molecule has 0 aliphatic rings. The zero-order chi connectivity index (χ0) is 85.1. The predicted molar refractivity (Wildman–Crippen MR) is 453 cm³/mol. The molecule has 0 spiro atoms. The largest absolute Gasteiger partial charge is 0.493 e. The van der Waals surface area contributed by atoms with Crippen LogP contribution in [0, 0.1) is 62.3 Å². The molecule has 3 N–H and O–H groups in total. The van der Waals surface area contributed by atoms with Gasteiger partial charge in [-0.1, -0.05) is 215 Å². The minimum atomic E-state index is -3.75. The zero-order valence-electron chi connectivity index (χ0n) is 67.2. The second kappa shape index (κ2) is 47.8. The number of ether oxygens (including phenoxy) is 8. The van der Waals surface area contributed by atoms with Gasteiger partial charge in [0.15, 0.2) is 0 Å². The number of benzene rings is 9. The van der Waals surface area contributed by atoms with Gasteiger partial charge in [0.25, 0.3) is 0 Å². The molecular formula is C91H105O23P3. The number of carbonyl (C=O) groups is 9. The van der Waals surface area contributed by atoms with Gasteiger partial charge in [-0.3, -0.25) is 43.2 Å². The van der Waals surface area contributed by atoms with Crippen LogP contribution in [0.1, 0.15) is 140 Å². The molecule has 9 aromatic rings. The van der Waals surface area contributed by atoms with Crippen molar-refractivity contribution in [3.8, 4) is 17.2 Å². The molecule has 0 radical (unpaired) electrons. The van der Waals surface area contributed by atoms with E-state index >= 15 is 0 Å². The van der Waals surface area contributed by atoms with Gasteiger partial charge in [-0.2, -0.15) is 0 Å². The smallest absolute Gasteiger partial charge is 0.306 e. The van der Waals surface area contributed by atoms with E-state index in [-0.39, 0.29) is 104 Å². The fourth-order valence-electron chi connectivity index (χ4n) is 12.7. The first-order valence-electron chi connectivity index (χ1n) is 37.6. The van der Waals surface area contributed by atoms with E-state index in [0.717, 1.165) is 34.2 Å². The lowest BCUT2D eigenvalue weighted by molar-refractivity contribution is -0.155. The summed E-state index contributed by atoms with van der Waals surface area (Å²) in [7, 11) is -9.78. The Morgan fingerprint density at radius 1 is 0.308 bits per heavy atom. The van der Waals surface area contributed by atoms with Gasteiger partial charge < -0.3 is 66.9 Å². The summed E-state index contributed by atoms with van der Waals surface area (Å²) in [5.74, 6) is -2.58. The van der Waals surface area contributed by atoms with Gasteiger partial charge in [-0.15, -0.1) is 0 Å². The Bertz CT molecular complexity index is 4870. The van der Waals surface area contributed by atoms with Gasteiger partial charge in [0.1, 0.15) is 56.9 Å². The van der Waals surface area contributed by atoms with Crippen LogP contribution in [0.2, 0.25) is 0 Å². The summed E-state index contributed by atoms with van der Waals surface area (Å²) in [6.07, 6.45) is -0.367. The van der Waals surface area contributed by atoms with Gasteiger partial charge in [-0.05, 0) is 102 Å². The van der Waals surface area contributed by atoms with Gasteiger partial charge in [0, 0.05) is 65.2 Å². The number of carboxylic acid groups (broad SMARTS) is 1. The molecule has 0 saturated heterocycles. The summed E-state index contributed by atoms with van der Waals surface area (Å²) in [6, 6.07) is 58.6. The maximum absolute atomic E-state index is 14.7. The number of carbonyl (C=O) groups excluding carboxylic acids is 8. The summed E-state index contributed by atoms with van der Waals surface area (Å²) in [5, 5.41) is 26.8. The SMILES string of the molecule is C.CCCOc1c(C)cc(C)c(C(=O)P(=O)(c2ccccc2)c2ccccc2)c1C.COC(=O)CCC(=O)OCCOC(=O)CCC(=O)OCCOc1c(C)cc(C)c(C(=O)P(=O)(c2ccccc2)c2ccccc2)c1C.Cc1cc(C)c(C(=O)P(=O)(c2ccccc2)c2ccccc2)c(C)c1OCCOC(=O)CCC(=O)O.OCCO. The molecule has 0 amide bonds. The maximum atomic E-state index is 14.7. The Morgan fingerprint density at radius 2 is 0.521 bits per heavy atom. The molecule has 0 unspecified atom stereocenters. The van der Waals surface area contributed by atoms with Crippen molar-refractivity contribution in [1.82, 2.24) is 0 Å². The molecule has 622 valence electrons. The molecule has 117 heavy (non-hydrogen) atoms. The Morgan fingerprint density at radius 3 is 0.735 bits per heavy atom. The number of hydrogen-bond acceptors (Lipinski definition) is 22. The Balaban J connectivity index is 0.000000312. The molecule has 0 aromatic heterocycles. The minimum Gasteiger partial charge on any atom is -0.493 e. The lowest BCUT2D eigenvalue weighted by Crippen LogP contribution is -2.24. The molecule has 0 aliphatic heterocycles. The average Bonchev–Trinajstić information content (AvgIpc) is 0.761. The number of aryl methyl sites for hydroxylation is 6. The summed E-state index contributed by atoms with van der Waals surface area (Å²) in [6.45, 7) is 18.3. The van der Waals surface area contributed by atoms with E-state index in [1.165, 1.54) is 7.11 Å². The lowest BCUT2D eigenvalue weighted by atomic mass is 9.99. The van der Waals surface area contributed by atoms with Crippen LogP contribution in [0.3, 0.4) is 0 Å². The summed E-state index contributed by atoms with van der Waals surface area (Å²) in [4.78, 5) is 111. The molecular weight excluding hydrogens is 1550 g/mol. The van der Waals surface area contributed by atoms with E-state index in [0.29, 0.717) is 94.6 Å². The summed E-state index contributed by atoms with van der Waals surface area (Å²) < 4.78 is 85.9. The van der Waals surface area contributed by atoms with E-state index < -0.39 is 68.3 Å². The highest BCUT2D eigenvalue weighted by Gasteiger charge is 2.42. The van der Waals surface area contributed by atoms with Crippen LogP contribution in [0.15, 0.2) is 200 Å². The van der Waals surface area contributed by atoms with E-state index in [2.05, 4.69) is 4.74 Å². The summed E-state index contributed by atoms with van der Waals surface area (Å²) in [5.41, 5.74) is 6.39. The van der Waals surface area contributed by atoms with E-state index in [9.17, 15) is 56.8 Å². The molecule has 9 aromatic carbocycles. The van der Waals surface area contributed by atoms with Crippen molar-refractivity contribution in [3.05, 3.63) is 267 Å². The Kier molecular flexibility index (Phi) is 39.3. The highest BCUT2D eigenvalue weighted by molar-refractivity contribution is 7.94. The summed E-state index contributed by atoms with van der Waals surface area (Å²) >= 11 is 0. The molecule has 0 heterocycles. The third-order valence-electron chi connectivity index (χ3n) is 18.1. The van der Waals surface area contributed by atoms with Crippen molar-refractivity contribution in [1.29, 1.82) is 0 Å². The fraction of sp³-hybridized carbons (Fsp3) is 0.308. The predicted octanol–water partition coefficient (Wildman–Crippen LogP) is 14.2. The molecule has 0 atom stereocenters. The number of aliphatic hydroxyl groups is 2. The van der Waals surface area contributed by atoms with Crippen molar-refractivity contribution in [2.24, 2.45) is 0 Å². The standard InChI is InChI=1S/C35H39O11P.C28H29O7P.C25H27O3P.C2H6O2.CH4/c1-24-23-25(2)34(26(3)33(24)35(40)47(41,27-11-7-5-8-12-27)28-13-9-6-10-14-28)46-22-21-45-32(39)18-17-31(38)44-20-19-43-30(37)16-15-29(36)42-4;1-19-18-20(2)27(35-17-16-34-25(31)15-14-24(29)30)21(3)26(19)28(32)36(33,22-10-6-4-7-11-22)23-12-8-5-9-13-23;1-5-16-28-24-19(3)17-18(2)23(20(24)4)25(26)29(27,21-12-8-6-9-13-21)22-14-10-7-11-15-22;3-1-2-4;/h5-14,23H,15-22H2,1-4H3;4-13,18H,14-17H2,1-3H3,(H,29,30);6-15,17H,5,16H2,1-4H3;3-4H,1-2H2;1H4. The number of hydrogen-bond donors (Lipinski definition) is 3. The van der Waals surface area contributed by atoms with E-state index in [1.807, 2.05) is 109 Å². The topological polar surface area (TPSA) is 339 Å². The molecule has 23 nitrogen and oxygen atoms in total. The van der Waals surface area contributed by atoms with E-state index in [4.69, 9.17) is 48.5 Å². The minimum absolute atomic E-state index is 0. The van der Waals surface area contributed by atoms with Gasteiger partial charge in [0.05, 0.1) is 65.5 Å². The van der Waals surface area contributed by atoms with Gasteiger partial charge in [0.2, 0.25) is 38.0 Å². The van der Waals surface area contributed by atoms with Crippen LogP contribution in [0.25, 0.3) is 0 Å². The lowest BCUT2D eigenvalue weighted by Gasteiger charge is -2.22. The second-order valence-electron chi connectivity index (χ2n) is 26.6. The van der Waals surface area contributed by atoms with Crippen LogP contribution in [-0.4, -0.2) is 134 Å². The number of aliphatic carboxylic acids is 1. The first-order chi connectivity index (χ1) is 55.5. The van der Waals surface area contributed by atoms with Crippen molar-refractivity contribution in [2.75, 3.05) is 66.6 Å². The Labute approximate surface area is 684 Å². The van der Waals surface area contributed by atoms with E-state index in [1.54, 1.807) is 160 Å². The van der Waals surface area contributed by atoms with Crippen molar-refractivity contribution >= 4 is 106 Å². The number of methoxy groups -OCH3 is 1. The quantitative estimate of drug-likeness (QED) is 0.0142. The number of rotatable bonds is 36. The average molecular weight is 1660 g/mol. The van der Waals surface area contributed by atoms with Crippen LogP contribution >= 0.6 is 21.4 Å². The molecule has 0 aliphatic carbocycles. The van der Waals surface area contributed by atoms with Crippen molar-refractivity contribution < 1.29 is 110 Å². The van der Waals surface area contributed by atoms with Gasteiger partial charge in [-0.25, -0.2) is 0 Å². The molecule has 0 saturated carbocycles. The van der Waals surface area contributed by atoms with Crippen molar-refractivity contribution in [2.45, 2.75) is 122 Å². The number of esters is 5.